The summed E-state index contributed by atoms with van der Waals surface area (Å²) >= 11 is 2.90. The van der Waals surface area contributed by atoms with Crippen LogP contribution in [0.15, 0.2) is 34.8 Å². The lowest BCUT2D eigenvalue weighted by Crippen LogP contribution is -2.28. The van der Waals surface area contributed by atoms with Gasteiger partial charge < -0.3 is 0 Å². The minimum Gasteiger partial charge on any atom is -0.271 e. The molecule has 0 saturated heterocycles. The van der Waals surface area contributed by atoms with Crippen molar-refractivity contribution in [2.75, 3.05) is 0 Å². The summed E-state index contributed by atoms with van der Waals surface area (Å²) in [5.41, 5.74) is 3.12. The molecule has 0 spiro atoms. The van der Waals surface area contributed by atoms with Gasteiger partial charge in [-0.2, -0.15) is 13.2 Å². The van der Waals surface area contributed by atoms with Gasteiger partial charge in [0.25, 0.3) is 0 Å². The van der Waals surface area contributed by atoms with Crippen LogP contribution in [0.5, 0.6) is 0 Å². The summed E-state index contributed by atoms with van der Waals surface area (Å²) in [6, 6.07) is 3.70. The van der Waals surface area contributed by atoms with E-state index in [1.54, 1.807) is 13.0 Å². The molecule has 0 amide bonds. The number of nitrogens with two attached hydrogens (primary N) is 1. The third-order valence-electron chi connectivity index (χ3n) is 2.45. The van der Waals surface area contributed by atoms with Gasteiger partial charge in [0.1, 0.15) is 0 Å². The van der Waals surface area contributed by atoms with Gasteiger partial charge in [0.05, 0.1) is 5.56 Å². The summed E-state index contributed by atoms with van der Waals surface area (Å²) in [4.78, 5) is 0. The van der Waals surface area contributed by atoms with E-state index in [0.29, 0.717) is 12.0 Å². The van der Waals surface area contributed by atoms with Crippen LogP contribution in [0.25, 0.3) is 0 Å². The van der Waals surface area contributed by atoms with Crippen LogP contribution in [0.1, 0.15) is 30.5 Å². The van der Waals surface area contributed by atoms with Crippen LogP contribution in [0.3, 0.4) is 0 Å². The Kier molecular flexibility index (Phi) is 4.95. The second-order valence-electron chi connectivity index (χ2n) is 4.12. The Balaban J connectivity index is 3.14. The monoisotopic (exact) mass is 322 g/mol. The predicted molar refractivity (Wildman–Crippen MR) is 68.6 cm³/mol. The van der Waals surface area contributed by atoms with Gasteiger partial charge in [0.2, 0.25) is 0 Å². The molecular formula is C12H14BrF3N2. The highest BCUT2D eigenvalue weighted by Gasteiger charge is 2.33. The lowest BCUT2D eigenvalue weighted by molar-refractivity contribution is -0.138. The van der Waals surface area contributed by atoms with Crippen LogP contribution in [-0.2, 0) is 6.18 Å². The van der Waals surface area contributed by atoms with E-state index >= 15 is 0 Å². The Morgan fingerprint density at radius 3 is 2.56 bits per heavy atom. The highest BCUT2D eigenvalue weighted by molar-refractivity contribution is 9.10. The number of hydrogen-bond donors (Lipinski definition) is 2. The van der Waals surface area contributed by atoms with Crippen molar-refractivity contribution in [3.63, 3.8) is 0 Å². The van der Waals surface area contributed by atoms with Crippen LogP contribution >= 0.6 is 15.9 Å². The molecule has 1 aromatic carbocycles. The van der Waals surface area contributed by atoms with E-state index in [1.807, 2.05) is 0 Å². The van der Waals surface area contributed by atoms with Crippen molar-refractivity contribution in [1.29, 1.82) is 0 Å². The van der Waals surface area contributed by atoms with Crippen molar-refractivity contribution in [2.45, 2.75) is 25.6 Å². The SMILES string of the molecule is C=C(C)CC(NN)c1ccc(Br)c(C(F)(F)F)c1. The maximum atomic E-state index is 12.8. The summed E-state index contributed by atoms with van der Waals surface area (Å²) < 4.78 is 38.3. The number of hydrazine groups is 1. The molecule has 6 heteroatoms. The van der Waals surface area contributed by atoms with Crippen molar-refractivity contribution in [2.24, 2.45) is 5.84 Å². The van der Waals surface area contributed by atoms with Gasteiger partial charge in [-0.1, -0.05) is 27.6 Å². The first kappa shape index (κ1) is 15.2. The molecule has 2 nitrogen and oxygen atoms in total. The first-order valence-electron chi connectivity index (χ1n) is 5.23. The molecule has 0 radical (unpaired) electrons. The van der Waals surface area contributed by atoms with Crippen molar-refractivity contribution >= 4 is 15.9 Å². The Labute approximate surface area is 112 Å². The summed E-state index contributed by atoms with van der Waals surface area (Å²) in [5, 5.41) is 0. The molecular weight excluding hydrogens is 309 g/mol. The number of benzene rings is 1. The van der Waals surface area contributed by atoms with Crippen molar-refractivity contribution in [1.82, 2.24) is 5.43 Å². The fraction of sp³-hybridized carbons (Fsp3) is 0.333. The second-order valence-corrected chi connectivity index (χ2v) is 4.97. The van der Waals surface area contributed by atoms with Crippen LogP contribution < -0.4 is 11.3 Å². The van der Waals surface area contributed by atoms with E-state index in [4.69, 9.17) is 5.84 Å². The molecule has 100 valence electrons. The minimum atomic E-state index is -4.39. The van der Waals surface area contributed by atoms with E-state index in [9.17, 15) is 13.2 Å². The first-order chi connectivity index (χ1) is 8.25. The highest BCUT2D eigenvalue weighted by Crippen LogP contribution is 2.36. The minimum absolute atomic E-state index is 0.0184. The largest absolute Gasteiger partial charge is 0.417 e. The topological polar surface area (TPSA) is 38.0 Å². The summed E-state index contributed by atoms with van der Waals surface area (Å²) in [6.07, 6.45) is -3.91. The second kappa shape index (κ2) is 5.86. The summed E-state index contributed by atoms with van der Waals surface area (Å²) in [6.45, 7) is 5.53. The van der Waals surface area contributed by atoms with Gasteiger partial charge in [-0.05, 0) is 31.0 Å². The molecule has 0 saturated carbocycles. The van der Waals surface area contributed by atoms with Gasteiger partial charge in [-0.15, -0.1) is 6.58 Å². The standard InChI is InChI=1S/C12H14BrF3N2/c1-7(2)5-11(18-17)8-3-4-10(13)9(6-8)12(14,15)16/h3-4,6,11,18H,1,5,17H2,2H3. The molecule has 1 rings (SSSR count). The molecule has 1 aromatic rings. The smallest absolute Gasteiger partial charge is 0.271 e. The van der Waals surface area contributed by atoms with Crippen molar-refractivity contribution in [3.8, 4) is 0 Å². The predicted octanol–water partition coefficient (Wildman–Crippen LogP) is 3.94. The first-order valence-corrected chi connectivity index (χ1v) is 6.02. The fourth-order valence-corrected chi connectivity index (χ4v) is 2.07. The van der Waals surface area contributed by atoms with Crippen molar-refractivity contribution < 1.29 is 13.2 Å². The van der Waals surface area contributed by atoms with E-state index in [2.05, 4.69) is 27.9 Å². The third kappa shape index (κ3) is 3.83. The average molecular weight is 323 g/mol. The Morgan fingerprint density at radius 2 is 2.11 bits per heavy atom. The quantitative estimate of drug-likeness (QED) is 0.500. The van der Waals surface area contributed by atoms with Gasteiger partial charge in [-0.3, -0.25) is 11.3 Å². The lowest BCUT2D eigenvalue weighted by Gasteiger charge is -2.18. The zero-order valence-electron chi connectivity index (χ0n) is 9.81. The molecule has 0 fully saturated rings. The molecule has 0 aromatic heterocycles. The van der Waals surface area contributed by atoms with Crippen LogP contribution in [0.2, 0.25) is 0 Å². The summed E-state index contributed by atoms with van der Waals surface area (Å²) in [5.74, 6) is 5.37. The average Bonchev–Trinajstić information content (AvgIpc) is 2.25. The Morgan fingerprint density at radius 1 is 1.50 bits per heavy atom. The molecule has 0 aliphatic rings. The number of alkyl halides is 3. The summed E-state index contributed by atoms with van der Waals surface area (Å²) in [7, 11) is 0. The van der Waals surface area contributed by atoms with E-state index in [-0.39, 0.29) is 10.5 Å². The maximum Gasteiger partial charge on any atom is 0.417 e. The van der Waals surface area contributed by atoms with Gasteiger partial charge in [-0.25, -0.2) is 0 Å². The van der Waals surface area contributed by atoms with Crippen LogP contribution in [0.4, 0.5) is 13.2 Å². The molecule has 0 bridgehead atoms. The zero-order valence-corrected chi connectivity index (χ0v) is 11.4. The molecule has 18 heavy (non-hydrogen) atoms. The Hall–Kier alpha value is -0.850. The maximum absolute atomic E-state index is 12.8. The normalized spacial score (nSPS) is 13.4. The molecule has 1 unspecified atom stereocenters. The lowest BCUT2D eigenvalue weighted by atomic mass is 9.99. The molecule has 3 N–H and O–H groups in total. The molecule has 0 heterocycles. The molecule has 0 aliphatic carbocycles. The van der Waals surface area contributed by atoms with E-state index in [1.165, 1.54) is 6.07 Å². The number of hydrogen-bond acceptors (Lipinski definition) is 2. The van der Waals surface area contributed by atoms with E-state index in [0.717, 1.165) is 11.6 Å². The third-order valence-corrected chi connectivity index (χ3v) is 3.14. The van der Waals surface area contributed by atoms with Crippen molar-refractivity contribution in [3.05, 3.63) is 46.0 Å². The van der Waals surface area contributed by atoms with E-state index < -0.39 is 11.7 Å². The fourth-order valence-electron chi connectivity index (χ4n) is 1.60. The van der Waals surface area contributed by atoms with Gasteiger partial charge >= 0.3 is 6.18 Å². The molecule has 1 atom stereocenters. The molecule has 0 aliphatic heterocycles. The zero-order chi connectivity index (χ0) is 13.9. The van der Waals surface area contributed by atoms with Crippen LogP contribution in [0, 0.1) is 0 Å². The number of rotatable bonds is 4. The highest BCUT2D eigenvalue weighted by atomic mass is 79.9. The number of halogens is 4. The van der Waals surface area contributed by atoms with Gasteiger partial charge in [0.15, 0.2) is 0 Å². The van der Waals surface area contributed by atoms with Crippen LogP contribution in [-0.4, -0.2) is 0 Å². The number of nitrogens with one attached hydrogen (secondary N) is 1. The van der Waals surface area contributed by atoms with Gasteiger partial charge in [0, 0.05) is 10.5 Å². The Bertz CT molecular complexity index is 443.